The largest absolute Gasteiger partial charge is 0.226 e. The molecule has 0 saturated carbocycles. The Morgan fingerprint density at radius 3 is 1.88 bits per heavy atom. The number of rotatable bonds is 9. The normalized spacial score (nSPS) is 11.0. The van der Waals surface area contributed by atoms with Gasteiger partial charge in [0.1, 0.15) is 0 Å². The van der Waals surface area contributed by atoms with E-state index >= 15 is 0 Å². The molecule has 2 aromatic heterocycles. The molecule has 3 heteroatoms. The van der Waals surface area contributed by atoms with Crippen molar-refractivity contribution in [3.05, 3.63) is 204 Å². The van der Waals surface area contributed by atoms with E-state index in [-0.39, 0.29) is 0 Å². The second-order valence-corrected chi connectivity index (χ2v) is 14.8. The maximum Gasteiger partial charge on any atom is 0.160 e. The molecule has 0 fully saturated rings. The maximum atomic E-state index is 4.98. The lowest BCUT2D eigenvalue weighted by molar-refractivity contribution is 1.23. The van der Waals surface area contributed by atoms with Gasteiger partial charge >= 0.3 is 0 Å². The fourth-order valence-electron chi connectivity index (χ4n) is 6.40. The highest BCUT2D eigenvalue weighted by molar-refractivity contribution is 7.19. The van der Waals surface area contributed by atoms with E-state index in [1.165, 1.54) is 38.3 Å². The Morgan fingerprint density at radius 2 is 1.23 bits per heavy atom. The van der Waals surface area contributed by atoms with Gasteiger partial charge in [-0.15, -0.1) is 11.3 Å². The number of allylic oxidation sites excluding steroid dienone is 6. The van der Waals surface area contributed by atoms with Gasteiger partial charge in [0.05, 0.1) is 15.9 Å². The molecule has 0 bridgehead atoms. The van der Waals surface area contributed by atoms with Crippen LogP contribution >= 0.6 is 11.3 Å². The molecule has 0 unspecified atom stereocenters. The first-order valence-corrected chi connectivity index (χ1v) is 20.0. The van der Waals surface area contributed by atoms with Crippen LogP contribution in [0.2, 0.25) is 0 Å². The van der Waals surface area contributed by atoms with Crippen LogP contribution in [0.15, 0.2) is 165 Å². The van der Waals surface area contributed by atoms with Crippen molar-refractivity contribution in [2.45, 2.75) is 48.5 Å². The van der Waals surface area contributed by atoms with E-state index in [9.17, 15) is 0 Å². The highest BCUT2D eigenvalue weighted by atomic mass is 32.1. The molecule has 0 aliphatic heterocycles. The first kappa shape index (κ1) is 41.0. The number of benzene rings is 5. The lowest BCUT2D eigenvalue weighted by atomic mass is 9.92. The zero-order valence-corrected chi connectivity index (χ0v) is 34.7. The maximum absolute atomic E-state index is 4.98. The summed E-state index contributed by atoms with van der Waals surface area (Å²) in [5, 5.41) is 0. The SMILES string of the molecule is C=C(/C=C(\C)c1ccc(C)c(-c2ccccc2C)c1)c1ccccc1.C=C/C=C\c1c(C)sc2c(-c3ccccc3)nc(-c3ccc(C(=C)C)cc3)nc12.CC. The van der Waals surface area contributed by atoms with Gasteiger partial charge < -0.3 is 0 Å². The minimum absolute atomic E-state index is 0.732. The smallest absolute Gasteiger partial charge is 0.160 e. The Labute approximate surface area is 338 Å². The monoisotopic (exact) mass is 748 g/mol. The van der Waals surface area contributed by atoms with Gasteiger partial charge in [0.25, 0.3) is 0 Å². The van der Waals surface area contributed by atoms with Crippen LogP contribution in [-0.2, 0) is 0 Å². The molecule has 0 saturated heterocycles. The Bertz CT molecular complexity index is 2510. The lowest BCUT2D eigenvalue weighted by Crippen LogP contribution is -1.94. The van der Waals surface area contributed by atoms with Crippen molar-refractivity contribution in [1.29, 1.82) is 0 Å². The fraction of sp³-hybridized carbons (Fsp3) is 0.132. The van der Waals surface area contributed by atoms with E-state index in [0.717, 1.165) is 60.7 Å². The Balaban J connectivity index is 0.000000207. The van der Waals surface area contributed by atoms with Crippen LogP contribution in [0.1, 0.15) is 66.0 Å². The summed E-state index contributed by atoms with van der Waals surface area (Å²) >= 11 is 1.74. The summed E-state index contributed by atoms with van der Waals surface area (Å²) in [6.07, 6.45) is 8.00. The first-order chi connectivity index (χ1) is 27.1. The summed E-state index contributed by atoms with van der Waals surface area (Å²) in [6, 6.07) is 44.2. The second kappa shape index (κ2) is 19.4. The molecule has 0 amide bonds. The van der Waals surface area contributed by atoms with Gasteiger partial charge in [0, 0.05) is 21.6 Å². The highest BCUT2D eigenvalue weighted by Crippen LogP contribution is 2.38. The van der Waals surface area contributed by atoms with Crippen LogP contribution in [0.5, 0.6) is 0 Å². The van der Waals surface area contributed by atoms with Crippen LogP contribution in [0.3, 0.4) is 0 Å². The van der Waals surface area contributed by atoms with Crippen LogP contribution in [-0.4, -0.2) is 9.97 Å². The number of hydrogen-bond donors (Lipinski definition) is 0. The molecule has 0 atom stereocenters. The predicted octanol–water partition coefficient (Wildman–Crippen LogP) is 15.7. The number of aromatic nitrogens is 2. The number of hydrogen-bond acceptors (Lipinski definition) is 3. The Morgan fingerprint density at radius 1 is 0.625 bits per heavy atom. The first-order valence-electron chi connectivity index (χ1n) is 19.2. The zero-order valence-electron chi connectivity index (χ0n) is 33.9. The van der Waals surface area contributed by atoms with Crippen LogP contribution in [0.25, 0.3) is 66.8 Å². The lowest BCUT2D eigenvalue weighted by Gasteiger charge is -2.12. The van der Waals surface area contributed by atoms with E-state index in [1.54, 1.807) is 17.4 Å². The summed E-state index contributed by atoms with van der Waals surface area (Å²) in [6.45, 7) is 26.7. The van der Waals surface area contributed by atoms with Crippen LogP contribution in [0.4, 0.5) is 0 Å². The van der Waals surface area contributed by atoms with Gasteiger partial charge in [0.15, 0.2) is 5.82 Å². The summed E-state index contributed by atoms with van der Waals surface area (Å²) in [4.78, 5) is 11.2. The van der Waals surface area contributed by atoms with Crippen molar-refractivity contribution in [3.8, 4) is 33.8 Å². The van der Waals surface area contributed by atoms with Crippen LogP contribution in [0, 0.1) is 20.8 Å². The molecular formula is C53H52N2S. The average Bonchev–Trinajstić information content (AvgIpc) is 3.55. The molecule has 7 rings (SSSR count). The zero-order chi connectivity index (χ0) is 40.2. The molecule has 0 N–H and O–H groups in total. The summed E-state index contributed by atoms with van der Waals surface area (Å²) in [5.74, 6) is 0.732. The molecule has 0 aliphatic carbocycles. The van der Waals surface area contributed by atoms with Crippen molar-refractivity contribution in [2.75, 3.05) is 0 Å². The summed E-state index contributed by atoms with van der Waals surface area (Å²) in [7, 11) is 0. The molecular weight excluding hydrogens is 697 g/mol. The minimum atomic E-state index is 0.732. The van der Waals surface area contributed by atoms with E-state index in [4.69, 9.17) is 9.97 Å². The Hall–Kier alpha value is -6.16. The molecule has 5 aromatic carbocycles. The van der Waals surface area contributed by atoms with Crippen molar-refractivity contribution in [2.24, 2.45) is 0 Å². The third-order valence-corrected chi connectivity index (χ3v) is 10.6. The quantitative estimate of drug-likeness (QED) is 0.137. The van der Waals surface area contributed by atoms with Gasteiger partial charge in [-0.3, -0.25) is 0 Å². The van der Waals surface area contributed by atoms with Crippen molar-refractivity contribution in [3.63, 3.8) is 0 Å². The number of fused-ring (bicyclic) bond motifs is 1. The fourth-order valence-corrected chi connectivity index (χ4v) is 7.50. The third kappa shape index (κ3) is 9.73. The topological polar surface area (TPSA) is 25.8 Å². The molecule has 2 nitrogen and oxygen atoms in total. The van der Waals surface area contributed by atoms with Gasteiger partial charge in [-0.25, -0.2) is 9.97 Å². The molecule has 56 heavy (non-hydrogen) atoms. The van der Waals surface area contributed by atoms with E-state index in [0.29, 0.717) is 0 Å². The van der Waals surface area contributed by atoms with Crippen LogP contribution < -0.4 is 0 Å². The van der Waals surface area contributed by atoms with E-state index < -0.39 is 0 Å². The molecule has 280 valence electrons. The third-order valence-electron chi connectivity index (χ3n) is 9.50. The molecule has 7 aromatic rings. The van der Waals surface area contributed by atoms with Crippen molar-refractivity contribution >= 4 is 44.3 Å². The highest BCUT2D eigenvalue weighted by Gasteiger charge is 2.17. The summed E-state index contributed by atoms with van der Waals surface area (Å²) < 4.78 is 1.11. The van der Waals surface area contributed by atoms with Gasteiger partial charge in [-0.2, -0.15) is 0 Å². The second-order valence-electron chi connectivity index (χ2n) is 13.5. The molecule has 0 aliphatic rings. The number of nitrogens with zero attached hydrogens (tertiary/aromatic N) is 2. The van der Waals surface area contributed by atoms with Gasteiger partial charge in [-0.05, 0) is 90.8 Å². The molecule has 0 spiro atoms. The van der Waals surface area contributed by atoms with E-state index in [1.807, 2.05) is 63.2 Å². The minimum Gasteiger partial charge on any atom is -0.226 e. The standard InChI is InChI=1S/C26H22N2S.C25H24.C2H6/c1-5-6-12-22-18(4)29-25-23(20-10-8-7-9-11-20)27-26(28-24(22)25)21-15-13-19(14-16-21)17(2)3;1-18-10-8-9-13-24(18)25-17-23(15-14-19(25)2)21(4)16-20(3)22-11-6-5-7-12-22;1-2/h5-16H,1-2H2,3-4H3;5-17H,3H2,1-2,4H3;1-2H3/b12-6-;21-16+;. The van der Waals surface area contributed by atoms with Gasteiger partial charge in [0.2, 0.25) is 0 Å². The molecule has 0 radical (unpaired) electrons. The van der Waals surface area contributed by atoms with Crippen molar-refractivity contribution < 1.29 is 0 Å². The van der Waals surface area contributed by atoms with Gasteiger partial charge in [-0.1, -0.05) is 185 Å². The average molecular weight is 749 g/mol. The summed E-state index contributed by atoms with van der Waals surface area (Å²) in [5.41, 5.74) is 17.2. The number of aryl methyl sites for hydroxylation is 3. The molecule has 2 heterocycles. The Kier molecular flexibility index (Phi) is 14.2. The predicted molar refractivity (Wildman–Crippen MR) is 249 cm³/mol. The van der Waals surface area contributed by atoms with Crippen molar-refractivity contribution in [1.82, 2.24) is 9.97 Å². The van der Waals surface area contributed by atoms with E-state index in [2.05, 4.69) is 151 Å². The number of thiophene rings is 1.